The molecule has 0 saturated heterocycles. The van der Waals surface area contributed by atoms with Crippen molar-refractivity contribution >= 4 is 0 Å². The Labute approximate surface area is 164 Å². The lowest BCUT2D eigenvalue weighted by Gasteiger charge is -2.17. The maximum atomic E-state index is 3.61. The number of rotatable bonds is 17. The summed E-state index contributed by atoms with van der Waals surface area (Å²) in [5, 5.41) is 0. The summed E-state index contributed by atoms with van der Waals surface area (Å²) in [7, 11) is 0. The van der Waals surface area contributed by atoms with E-state index in [9.17, 15) is 0 Å². The monoisotopic (exact) mass is 363 g/mol. The molecule has 2 unspecified atom stereocenters. The molecular weight excluding hydrogens is 316 g/mol. The number of nitrogens with zero attached hydrogens (tertiary/aromatic N) is 1. The number of H-pyrrole nitrogens is 1. The van der Waals surface area contributed by atoms with E-state index >= 15 is 0 Å². The molecule has 1 heterocycles. The third-order valence-corrected chi connectivity index (χ3v) is 5.89. The summed E-state index contributed by atoms with van der Waals surface area (Å²) >= 11 is 0. The Morgan fingerprint density at radius 1 is 0.731 bits per heavy atom. The molecule has 2 heteroatoms. The van der Waals surface area contributed by atoms with E-state index in [1.807, 2.05) is 0 Å². The third kappa shape index (κ3) is 9.24. The smallest absolute Gasteiger partial charge is 0.247 e. The van der Waals surface area contributed by atoms with Crippen molar-refractivity contribution in [3.63, 3.8) is 0 Å². The molecule has 0 aliphatic heterocycles. The molecule has 0 aromatic carbocycles. The van der Waals surface area contributed by atoms with Crippen LogP contribution >= 0.6 is 0 Å². The van der Waals surface area contributed by atoms with Crippen LogP contribution in [0, 0.1) is 0 Å². The van der Waals surface area contributed by atoms with Crippen LogP contribution in [0.2, 0.25) is 0 Å². The van der Waals surface area contributed by atoms with Gasteiger partial charge in [0.2, 0.25) is 0 Å². The number of imidazole rings is 1. The van der Waals surface area contributed by atoms with Crippen molar-refractivity contribution in [1.29, 1.82) is 0 Å². The zero-order valence-electron chi connectivity index (χ0n) is 18.4. The maximum absolute atomic E-state index is 3.61. The van der Waals surface area contributed by atoms with Crippen molar-refractivity contribution in [3.05, 3.63) is 18.2 Å². The second kappa shape index (κ2) is 15.3. The summed E-state index contributed by atoms with van der Waals surface area (Å²) in [6.07, 6.45) is 25.0. The highest BCUT2D eigenvalue weighted by atomic mass is 15.1. The summed E-state index contributed by atoms with van der Waals surface area (Å²) in [5.74, 6) is 2.21. The van der Waals surface area contributed by atoms with E-state index in [0.717, 1.165) is 0 Å². The van der Waals surface area contributed by atoms with Crippen LogP contribution < -0.4 is 4.57 Å². The first-order valence-corrected chi connectivity index (χ1v) is 11.8. The van der Waals surface area contributed by atoms with E-state index in [1.165, 1.54) is 102 Å². The lowest BCUT2D eigenvalue weighted by atomic mass is 9.94. The average Bonchev–Trinajstić information content (AvgIpc) is 3.13. The zero-order valence-corrected chi connectivity index (χ0v) is 18.4. The maximum Gasteiger partial charge on any atom is 0.257 e. The number of unbranched alkanes of at least 4 members (excludes halogenated alkanes) is 9. The van der Waals surface area contributed by atoms with Crippen molar-refractivity contribution in [2.75, 3.05) is 0 Å². The normalized spacial score (nSPS) is 13.8. The van der Waals surface area contributed by atoms with Gasteiger partial charge < -0.3 is 0 Å². The van der Waals surface area contributed by atoms with Crippen molar-refractivity contribution in [2.45, 2.75) is 136 Å². The Balaban J connectivity index is 2.48. The van der Waals surface area contributed by atoms with E-state index in [-0.39, 0.29) is 0 Å². The van der Waals surface area contributed by atoms with Gasteiger partial charge in [-0.25, -0.2) is 9.55 Å². The number of nitrogens with one attached hydrogen (secondary N) is 1. The van der Waals surface area contributed by atoms with E-state index < -0.39 is 0 Å². The van der Waals surface area contributed by atoms with Gasteiger partial charge >= 0.3 is 0 Å². The molecule has 0 saturated carbocycles. The second-order valence-electron chi connectivity index (χ2n) is 8.35. The van der Waals surface area contributed by atoms with Crippen LogP contribution in [0.3, 0.4) is 0 Å². The zero-order chi connectivity index (χ0) is 19.0. The lowest BCUT2D eigenvalue weighted by Crippen LogP contribution is -2.41. The Hall–Kier alpha value is -0.790. The van der Waals surface area contributed by atoms with Crippen LogP contribution in [-0.2, 0) is 0 Å². The first-order valence-electron chi connectivity index (χ1n) is 11.8. The SMILES string of the molecule is CCCCCCCCCC(C)[n+]1cc[nH]c1C(CCCC)CCCCC. The van der Waals surface area contributed by atoms with Gasteiger partial charge in [0.25, 0.3) is 5.82 Å². The van der Waals surface area contributed by atoms with Crippen LogP contribution in [0.25, 0.3) is 0 Å². The molecule has 2 atom stereocenters. The largest absolute Gasteiger partial charge is 0.257 e. The van der Waals surface area contributed by atoms with E-state index in [0.29, 0.717) is 12.0 Å². The first-order chi connectivity index (χ1) is 12.7. The summed E-state index contributed by atoms with van der Waals surface area (Å²) in [6.45, 7) is 9.33. The minimum Gasteiger partial charge on any atom is -0.247 e. The molecule has 2 nitrogen and oxygen atoms in total. The fourth-order valence-corrected chi connectivity index (χ4v) is 4.12. The van der Waals surface area contributed by atoms with Gasteiger partial charge in [-0.2, -0.15) is 0 Å². The van der Waals surface area contributed by atoms with Crippen LogP contribution in [0.15, 0.2) is 12.4 Å². The Morgan fingerprint density at radius 2 is 1.27 bits per heavy atom. The van der Waals surface area contributed by atoms with Gasteiger partial charge in [0.05, 0.1) is 12.0 Å². The number of aromatic amines is 1. The molecule has 0 aliphatic carbocycles. The molecule has 0 spiro atoms. The molecule has 152 valence electrons. The van der Waals surface area contributed by atoms with Gasteiger partial charge in [0, 0.05) is 0 Å². The topological polar surface area (TPSA) is 19.7 Å². The molecule has 1 aromatic heterocycles. The Kier molecular flexibility index (Phi) is 13.7. The van der Waals surface area contributed by atoms with Crippen molar-refractivity contribution in [3.8, 4) is 0 Å². The molecule has 0 bridgehead atoms. The van der Waals surface area contributed by atoms with Gasteiger partial charge in [0.15, 0.2) is 0 Å². The fourth-order valence-electron chi connectivity index (χ4n) is 4.12. The fraction of sp³-hybridized carbons (Fsp3) is 0.875. The summed E-state index contributed by atoms with van der Waals surface area (Å²) in [5.41, 5.74) is 0. The minimum atomic E-state index is 0.627. The van der Waals surface area contributed by atoms with E-state index in [4.69, 9.17) is 0 Å². The highest BCUT2D eigenvalue weighted by Gasteiger charge is 2.25. The second-order valence-corrected chi connectivity index (χ2v) is 8.35. The molecule has 1 aromatic rings. The molecule has 0 fully saturated rings. The van der Waals surface area contributed by atoms with Gasteiger partial charge in [-0.05, 0) is 32.6 Å². The summed E-state index contributed by atoms with van der Waals surface area (Å²) in [4.78, 5) is 3.61. The quantitative estimate of drug-likeness (QED) is 0.215. The first kappa shape index (κ1) is 23.2. The van der Waals surface area contributed by atoms with Crippen molar-refractivity contribution < 1.29 is 4.57 Å². The predicted octanol–water partition coefficient (Wildman–Crippen LogP) is 7.86. The van der Waals surface area contributed by atoms with Crippen molar-refractivity contribution in [2.24, 2.45) is 0 Å². The van der Waals surface area contributed by atoms with Crippen molar-refractivity contribution in [1.82, 2.24) is 4.98 Å². The number of aromatic nitrogens is 2. The minimum absolute atomic E-state index is 0.627. The molecule has 1 N–H and O–H groups in total. The van der Waals surface area contributed by atoms with E-state index in [2.05, 4.69) is 49.6 Å². The molecule has 26 heavy (non-hydrogen) atoms. The molecule has 0 radical (unpaired) electrons. The van der Waals surface area contributed by atoms with Crippen LogP contribution in [0.1, 0.15) is 142 Å². The lowest BCUT2D eigenvalue weighted by molar-refractivity contribution is -0.727. The molecular formula is C24H47N2+. The Bertz CT molecular complexity index is 424. The van der Waals surface area contributed by atoms with E-state index in [1.54, 1.807) is 0 Å². The average molecular weight is 364 g/mol. The number of hydrogen-bond donors (Lipinski definition) is 1. The predicted molar refractivity (Wildman–Crippen MR) is 115 cm³/mol. The van der Waals surface area contributed by atoms with Crippen LogP contribution in [0.5, 0.6) is 0 Å². The summed E-state index contributed by atoms with van der Waals surface area (Å²) in [6, 6.07) is 0.627. The Morgan fingerprint density at radius 3 is 1.96 bits per heavy atom. The third-order valence-electron chi connectivity index (χ3n) is 5.89. The highest BCUT2D eigenvalue weighted by molar-refractivity contribution is 4.90. The highest BCUT2D eigenvalue weighted by Crippen LogP contribution is 2.26. The molecule has 0 amide bonds. The van der Waals surface area contributed by atoms with Crippen LogP contribution in [-0.4, -0.2) is 4.98 Å². The van der Waals surface area contributed by atoms with Gasteiger partial charge in [-0.3, -0.25) is 0 Å². The molecule has 1 rings (SSSR count). The molecule has 0 aliphatic rings. The standard InChI is InChI=1S/C24H46N2/c1-5-8-11-12-13-14-16-17-22(4)26-21-20-25-24(26)23(18-10-7-3)19-15-9-6-2/h20-23H,5-19H2,1-4H3/p+1. The van der Waals surface area contributed by atoms with Crippen LogP contribution in [0.4, 0.5) is 0 Å². The summed E-state index contributed by atoms with van der Waals surface area (Å²) < 4.78 is 2.56. The van der Waals surface area contributed by atoms with Gasteiger partial charge in [-0.1, -0.05) is 91.4 Å². The van der Waals surface area contributed by atoms with Gasteiger partial charge in [-0.15, -0.1) is 0 Å². The number of hydrogen-bond acceptors (Lipinski definition) is 0. The van der Waals surface area contributed by atoms with Gasteiger partial charge in [0.1, 0.15) is 12.4 Å².